The van der Waals surface area contributed by atoms with Crippen LogP contribution in [0.2, 0.25) is 0 Å². The fraction of sp³-hybridized carbons (Fsp3) is 0.562. The van der Waals surface area contributed by atoms with Crippen molar-refractivity contribution in [3.63, 3.8) is 0 Å². The number of ether oxygens (including phenoxy) is 1. The van der Waals surface area contributed by atoms with Crippen molar-refractivity contribution >= 4 is 5.91 Å². The molecule has 4 nitrogen and oxygen atoms in total. The Morgan fingerprint density at radius 3 is 2.95 bits per heavy atom. The highest BCUT2D eigenvalue weighted by Gasteiger charge is 2.20. The number of amides is 1. The van der Waals surface area contributed by atoms with Gasteiger partial charge in [0.2, 0.25) is 5.91 Å². The third kappa shape index (κ3) is 3.31. The molecule has 0 unspecified atom stereocenters. The lowest BCUT2D eigenvalue weighted by atomic mass is 10.2. The Kier molecular flexibility index (Phi) is 4.21. The Balaban J connectivity index is 1.56. The second-order valence-electron chi connectivity index (χ2n) is 5.72. The van der Waals surface area contributed by atoms with Gasteiger partial charge in [0.1, 0.15) is 12.4 Å². The first-order chi connectivity index (χ1) is 9.81. The number of para-hydroxylation sites is 1. The van der Waals surface area contributed by atoms with Crippen LogP contribution in [0.1, 0.15) is 31.2 Å². The van der Waals surface area contributed by atoms with Gasteiger partial charge in [-0.15, -0.1) is 0 Å². The summed E-state index contributed by atoms with van der Waals surface area (Å²) < 4.78 is 5.72. The van der Waals surface area contributed by atoms with Crippen molar-refractivity contribution in [2.45, 2.75) is 38.3 Å². The fourth-order valence-electron chi connectivity index (χ4n) is 3.06. The van der Waals surface area contributed by atoms with Crippen LogP contribution < -0.4 is 10.1 Å². The lowest BCUT2D eigenvalue weighted by Gasteiger charge is -2.20. The van der Waals surface area contributed by atoms with Gasteiger partial charge < -0.3 is 10.1 Å². The van der Waals surface area contributed by atoms with Crippen LogP contribution in [0.3, 0.4) is 0 Å². The highest BCUT2D eigenvalue weighted by Crippen LogP contribution is 2.22. The Labute approximate surface area is 120 Å². The minimum atomic E-state index is 0.149. The Morgan fingerprint density at radius 2 is 2.10 bits per heavy atom. The number of rotatable bonds is 3. The summed E-state index contributed by atoms with van der Waals surface area (Å²) in [6, 6.07) is 8.48. The number of benzene rings is 1. The number of hydrogen-bond acceptors (Lipinski definition) is 3. The predicted octanol–water partition coefficient (Wildman–Crippen LogP) is 1.94. The zero-order valence-corrected chi connectivity index (χ0v) is 11.8. The quantitative estimate of drug-likeness (QED) is 0.916. The van der Waals surface area contributed by atoms with Gasteiger partial charge in [-0.3, -0.25) is 9.69 Å². The van der Waals surface area contributed by atoms with Gasteiger partial charge in [0.05, 0.1) is 6.54 Å². The summed E-state index contributed by atoms with van der Waals surface area (Å²) in [7, 11) is 0. The molecule has 3 rings (SSSR count). The molecule has 1 aliphatic carbocycles. The van der Waals surface area contributed by atoms with Gasteiger partial charge in [0.25, 0.3) is 0 Å². The van der Waals surface area contributed by atoms with Gasteiger partial charge >= 0.3 is 0 Å². The first-order valence-electron chi connectivity index (χ1n) is 7.54. The first-order valence-corrected chi connectivity index (χ1v) is 7.54. The lowest BCUT2D eigenvalue weighted by molar-refractivity contribution is -0.123. The molecule has 0 saturated heterocycles. The monoisotopic (exact) mass is 274 g/mol. The molecule has 4 heteroatoms. The molecule has 0 spiro atoms. The molecule has 1 aromatic rings. The minimum Gasteiger partial charge on any atom is -0.492 e. The largest absolute Gasteiger partial charge is 0.492 e. The summed E-state index contributed by atoms with van der Waals surface area (Å²) in [5, 5.41) is 3.15. The molecular weight excluding hydrogens is 252 g/mol. The van der Waals surface area contributed by atoms with Gasteiger partial charge in [0, 0.05) is 24.7 Å². The van der Waals surface area contributed by atoms with E-state index in [0.29, 0.717) is 19.2 Å². The number of carbonyl (C=O) groups excluding carboxylic acids is 1. The minimum absolute atomic E-state index is 0.149. The van der Waals surface area contributed by atoms with Crippen molar-refractivity contribution in [2.24, 2.45) is 0 Å². The van der Waals surface area contributed by atoms with E-state index in [1.807, 2.05) is 18.2 Å². The first kappa shape index (κ1) is 13.4. The second kappa shape index (κ2) is 6.27. The molecule has 0 atom stereocenters. The SMILES string of the molecule is O=C(CN1CCOc2ccccc2C1)NC1CCCC1. The third-order valence-electron chi connectivity index (χ3n) is 4.12. The van der Waals surface area contributed by atoms with Crippen LogP contribution in [-0.2, 0) is 11.3 Å². The zero-order chi connectivity index (χ0) is 13.8. The maximum atomic E-state index is 12.1. The third-order valence-corrected chi connectivity index (χ3v) is 4.12. The summed E-state index contributed by atoms with van der Waals surface area (Å²) in [6.07, 6.45) is 4.77. The normalized spacial score (nSPS) is 20.0. The summed E-state index contributed by atoms with van der Waals surface area (Å²) in [5.41, 5.74) is 1.17. The van der Waals surface area contributed by atoms with Crippen LogP contribution in [0.4, 0.5) is 0 Å². The number of nitrogens with one attached hydrogen (secondary N) is 1. The molecule has 2 aliphatic rings. The standard InChI is InChI=1S/C16H22N2O2/c19-16(17-14-6-2-3-7-14)12-18-9-10-20-15-8-4-1-5-13(15)11-18/h1,4-5,8,14H,2-3,6-7,9-12H2,(H,17,19). The van der Waals surface area contributed by atoms with Crippen molar-refractivity contribution in [3.8, 4) is 5.75 Å². The van der Waals surface area contributed by atoms with E-state index in [1.54, 1.807) is 0 Å². The average Bonchev–Trinajstić information content (AvgIpc) is 2.85. The molecule has 1 N–H and O–H groups in total. The lowest BCUT2D eigenvalue weighted by Crippen LogP contribution is -2.41. The van der Waals surface area contributed by atoms with Crippen LogP contribution in [0.15, 0.2) is 24.3 Å². The molecular formula is C16H22N2O2. The number of carbonyl (C=O) groups is 1. The molecule has 1 aromatic carbocycles. The molecule has 1 saturated carbocycles. The molecule has 0 radical (unpaired) electrons. The highest BCUT2D eigenvalue weighted by molar-refractivity contribution is 5.78. The van der Waals surface area contributed by atoms with E-state index in [1.165, 1.54) is 18.4 Å². The summed E-state index contributed by atoms with van der Waals surface area (Å²) in [5.74, 6) is 1.10. The van der Waals surface area contributed by atoms with Crippen molar-refractivity contribution in [2.75, 3.05) is 19.7 Å². The summed E-state index contributed by atoms with van der Waals surface area (Å²) >= 11 is 0. The van der Waals surface area contributed by atoms with Crippen LogP contribution in [0.25, 0.3) is 0 Å². The number of fused-ring (bicyclic) bond motifs is 1. The Morgan fingerprint density at radius 1 is 1.30 bits per heavy atom. The molecule has 0 bridgehead atoms. The van der Waals surface area contributed by atoms with Gasteiger partial charge in [-0.25, -0.2) is 0 Å². The molecule has 1 amide bonds. The summed E-state index contributed by atoms with van der Waals surface area (Å²) in [4.78, 5) is 14.3. The van der Waals surface area contributed by atoms with Crippen molar-refractivity contribution in [1.82, 2.24) is 10.2 Å². The molecule has 1 fully saturated rings. The van der Waals surface area contributed by atoms with Crippen LogP contribution in [-0.4, -0.2) is 36.5 Å². The van der Waals surface area contributed by atoms with Crippen LogP contribution in [0, 0.1) is 0 Å². The molecule has 108 valence electrons. The zero-order valence-electron chi connectivity index (χ0n) is 11.8. The van der Waals surface area contributed by atoms with Crippen molar-refractivity contribution in [1.29, 1.82) is 0 Å². The van der Waals surface area contributed by atoms with Gasteiger partial charge in [-0.1, -0.05) is 31.0 Å². The Hall–Kier alpha value is -1.55. The van der Waals surface area contributed by atoms with E-state index in [4.69, 9.17) is 4.74 Å². The van der Waals surface area contributed by atoms with E-state index in [0.717, 1.165) is 31.7 Å². The van der Waals surface area contributed by atoms with Gasteiger partial charge in [-0.2, -0.15) is 0 Å². The second-order valence-corrected chi connectivity index (χ2v) is 5.72. The molecule has 1 heterocycles. The van der Waals surface area contributed by atoms with Gasteiger partial charge in [0.15, 0.2) is 0 Å². The molecule has 0 aromatic heterocycles. The number of nitrogens with zero attached hydrogens (tertiary/aromatic N) is 1. The van der Waals surface area contributed by atoms with E-state index in [9.17, 15) is 4.79 Å². The van der Waals surface area contributed by atoms with E-state index < -0.39 is 0 Å². The van der Waals surface area contributed by atoms with Crippen molar-refractivity contribution < 1.29 is 9.53 Å². The maximum Gasteiger partial charge on any atom is 0.234 e. The molecule has 1 aliphatic heterocycles. The van der Waals surface area contributed by atoms with E-state index >= 15 is 0 Å². The average molecular weight is 274 g/mol. The van der Waals surface area contributed by atoms with E-state index in [2.05, 4.69) is 16.3 Å². The topological polar surface area (TPSA) is 41.6 Å². The van der Waals surface area contributed by atoms with Crippen LogP contribution in [0.5, 0.6) is 5.75 Å². The van der Waals surface area contributed by atoms with Gasteiger partial charge in [-0.05, 0) is 18.9 Å². The van der Waals surface area contributed by atoms with E-state index in [-0.39, 0.29) is 5.91 Å². The fourth-order valence-corrected chi connectivity index (χ4v) is 3.06. The maximum absolute atomic E-state index is 12.1. The van der Waals surface area contributed by atoms with Crippen LogP contribution >= 0.6 is 0 Å². The summed E-state index contributed by atoms with van der Waals surface area (Å²) in [6.45, 7) is 2.70. The predicted molar refractivity (Wildman–Crippen MR) is 77.6 cm³/mol. The highest BCUT2D eigenvalue weighted by atomic mass is 16.5. The number of hydrogen-bond donors (Lipinski definition) is 1. The molecule has 20 heavy (non-hydrogen) atoms. The smallest absolute Gasteiger partial charge is 0.234 e. The van der Waals surface area contributed by atoms with Crippen molar-refractivity contribution in [3.05, 3.63) is 29.8 Å². The Bertz CT molecular complexity index is 469.